The second kappa shape index (κ2) is 8.97. The highest BCUT2D eigenvalue weighted by atomic mass is 32.1. The fraction of sp³-hybridized carbons (Fsp3) is 0.737. The van der Waals surface area contributed by atoms with Gasteiger partial charge in [0.1, 0.15) is 0 Å². The highest BCUT2D eigenvalue weighted by Crippen LogP contribution is 2.22. The van der Waals surface area contributed by atoms with E-state index in [1.165, 1.54) is 29.0 Å². The molecule has 1 aromatic heterocycles. The Morgan fingerprint density at radius 2 is 2.12 bits per heavy atom. The number of hydrogen-bond acceptors (Lipinski definition) is 4. The summed E-state index contributed by atoms with van der Waals surface area (Å²) >= 11 is 1.96. The molecule has 1 aromatic rings. The van der Waals surface area contributed by atoms with Gasteiger partial charge in [-0.2, -0.15) is 0 Å². The first-order valence-corrected chi connectivity index (χ1v) is 10.2. The summed E-state index contributed by atoms with van der Waals surface area (Å²) in [7, 11) is 0. The predicted molar refractivity (Wildman–Crippen MR) is 98.3 cm³/mol. The summed E-state index contributed by atoms with van der Waals surface area (Å²) in [4.78, 5) is 20.1. The molecule has 0 spiro atoms. The Morgan fingerprint density at radius 1 is 1.25 bits per heavy atom. The van der Waals surface area contributed by atoms with Gasteiger partial charge in [0, 0.05) is 49.1 Å². The number of carbonyl (C=O) groups excluding carboxylic acids is 1. The van der Waals surface area contributed by atoms with Crippen molar-refractivity contribution < 1.29 is 9.53 Å². The molecule has 0 saturated carbocycles. The molecule has 5 heteroatoms. The molecule has 2 fully saturated rings. The van der Waals surface area contributed by atoms with Gasteiger partial charge in [-0.25, -0.2) is 0 Å². The molecular formula is C19H30N2O2S. The largest absolute Gasteiger partial charge is 0.381 e. The molecule has 0 N–H and O–H groups in total. The number of ether oxygens (including phenoxy) is 1. The number of carbonyl (C=O) groups is 1. The Bertz CT molecular complexity index is 525. The monoisotopic (exact) mass is 350 g/mol. The maximum Gasteiger partial charge on any atom is 0.228 e. The van der Waals surface area contributed by atoms with Gasteiger partial charge < -0.3 is 9.64 Å². The van der Waals surface area contributed by atoms with Crippen LogP contribution in [-0.2, 0) is 22.5 Å². The van der Waals surface area contributed by atoms with Crippen LogP contribution in [0.1, 0.15) is 42.4 Å². The molecule has 2 aliphatic rings. The van der Waals surface area contributed by atoms with E-state index in [1.54, 1.807) is 0 Å². The minimum absolute atomic E-state index is 0.106. The smallest absolute Gasteiger partial charge is 0.228 e. The van der Waals surface area contributed by atoms with Gasteiger partial charge in [0.2, 0.25) is 5.91 Å². The van der Waals surface area contributed by atoms with E-state index in [0.717, 1.165) is 52.2 Å². The molecule has 4 nitrogen and oxygen atoms in total. The number of thiophene rings is 1. The average molecular weight is 351 g/mol. The number of hydrogen-bond donors (Lipinski definition) is 0. The minimum Gasteiger partial charge on any atom is -0.381 e. The topological polar surface area (TPSA) is 32.8 Å². The van der Waals surface area contributed by atoms with Crippen LogP contribution >= 0.6 is 11.3 Å². The van der Waals surface area contributed by atoms with Crippen LogP contribution in [0.3, 0.4) is 0 Å². The fourth-order valence-electron chi connectivity index (χ4n) is 3.55. The van der Waals surface area contributed by atoms with E-state index >= 15 is 0 Å². The Hall–Kier alpha value is -0.910. The standard InChI is InChI=1S/C19H30N2O2S/c1-2-3-5-17-6-7-18(24-17)14-20-9-4-10-21(12-11-20)19(22)16-8-13-23-15-16/h6-7,16H,2-5,8-15H2,1H3. The van der Waals surface area contributed by atoms with Gasteiger partial charge in [-0.3, -0.25) is 9.69 Å². The van der Waals surface area contributed by atoms with Crippen molar-refractivity contribution in [2.75, 3.05) is 39.4 Å². The lowest BCUT2D eigenvalue weighted by atomic mass is 10.1. The van der Waals surface area contributed by atoms with E-state index in [2.05, 4.69) is 28.9 Å². The van der Waals surface area contributed by atoms with Gasteiger partial charge in [0.05, 0.1) is 12.5 Å². The molecule has 3 rings (SSSR count). The molecule has 0 aromatic carbocycles. The molecule has 0 bridgehead atoms. The summed E-state index contributed by atoms with van der Waals surface area (Å²) in [5.41, 5.74) is 0. The van der Waals surface area contributed by atoms with Crippen LogP contribution in [-0.4, -0.2) is 55.1 Å². The number of amides is 1. The molecule has 134 valence electrons. The summed E-state index contributed by atoms with van der Waals surface area (Å²) < 4.78 is 5.37. The Kier molecular flexibility index (Phi) is 6.69. The Labute approximate surface area is 149 Å². The maximum absolute atomic E-state index is 12.6. The van der Waals surface area contributed by atoms with Crippen molar-refractivity contribution in [3.8, 4) is 0 Å². The van der Waals surface area contributed by atoms with Crippen LogP contribution in [0.15, 0.2) is 12.1 Å². The van der Waals surface area contributed by atoms with Crippen LogP contribution in [0.5, 0.6) is 0 Å². The molecule has 2 aliphatic heterocycles. The fourth-order valence-corrected chi connectivity index (χ4v) is 4.65. The zero-order chi connectivity index (χ0) is 16.8. The summed E-state index contributed by atoms with van der Waals surface area (Å²) in [6.45, 7) is 8.49. The first-order chi connectivity index (χ1) is 11.8. The van der Waals surface area contributed by atoms with E-state index < -0.39 is 0 Å². The third kappa shape index (κ3) is 4.80. The van der Waals surface area contributed by atoms with Crippen molar-refractivity contribution in [1.29, 1.82) is 0 Å². The third-order valence-electron chi connectivity index (χ3n) is 5.05. The highest BCUT2D eigenvalue weighted by Gasteiger charge is 2.29. The molecule has 2 saturated heterocycles. The van der Waals surface area contributed by atoms with Gasteiger partial charge in [-0.1, -0.05) is 13.3 Å². The van der Waals surface area contributed by atoms with Crippen LogP contribution in [0.4, 0.5) is 0 Å². The number of rotatable bonds is 6. The van der Waals surface area contributed by atoms with Crippen molar-refractivity contribution in [3.63, 3.8) is 0 Å². The summed E-state index contributed by atoms with van der Waals surface area (Å²) in [5.74, 6) is 0.419. The summed E-state index contributed by atoms with van der Waals surface area (Å²) in [6, 6.07) is 4.59. The lowest BCUT2D eigenvalue weighted by Gasteiger charge is -2.24. The molecule has 3 heterocycles. The second-order valence-electron chi connectivity index (χ2n) is 6.99. The lowest BCUT2D eigenvalue weighted by molar-refractivity contribution is -0.135. The van der Waals surface area contributed by atoms with Gasteiger partial charge in [0.15, 0.2) is 0 Å². The average Bonchev–Trinajstić information content (AvgIpc) is 3.22. The molecule has 0 aliphatic carbocycles. The van der Waals surface area contributed by atoms with E-state index in [-0.39, 0.29) is 5.92 Å². The van der Waals surface area contributed by atoms with E-state index in [0.29, 0.717) is 12.5 Å². The summed E-state index contributed by atoms with van der Waals surface area (Å²) in [6.07, 6.45) is 5.73. The summed E-state index contributed by atoms with van der Waals surface area (Å²) in [5, 5.41) is 0. The van der Waals surface area contributed by atoms with Gasteiger partial charge in [0.25, 0.3) is 0 Å². The van der Waals surface area contributed by atoms with Crippen molar-refractivity contribution in [3.05, 3.63) is 21.9 Å². The van der Waals surface area contributed by atoms with E-state index in [9.17, 15) is 4.79 Å². The van der Waals surface area contributed by atoms with Crippen LogP contribution < -0.4 is 0 Å². The van der Waals surface area contributed by atoms with Crippen LogP contribution in [0, 0.1) is 5.92 Å². The van der Waals surface area contributed by atoms with Crippen molar-refractivity contribution >= 4 is 17.2 Å². The maximum atomic E-state index is 12.6. The first-order valence-electron chi connectivity index (χ1n) is 9.42. The molecule has 1 amide bonds. The van der Waals surface area contributed by atoms with Gasteiger partial charge in [-0.15, -0.1) is 11.3 Å². The molecule has 24 heavy (non-hydrogen) atoms. The second-order valence-corrected chi connectivity index (χ2v) is 8.24. The highest BCUT2D eigenvalue weighted by molar-refractivity contribution is 7.11. The zero-order valence-electron chi connectivity index (χ0n) is 14.8. The number of aryl methyl sites for hydroxylation is 1. The van der Waals surface area contributed by atoms with E-state index in [4.69, 9.17) is 4.74 Å². The number of unbranched alkanes of at least 4 members (excludes halogenated alkanes) is 1. The van der Waals surface area contributed by atoms with E-state index in [1.807, 2.05) is 11.3 Å². The Balaban J connectivity index is 1.48. The quantitative estimate of drug-likeness (QED) is 0.790. The molecule has 1 atom stereocenters. The molecule has 1 unspecified atom stereocenters. The third-order valence-corrected chi connectivity index (χ3v) is 6.18. The predicted octanol–water partition coefficient (Wildman–Crippen LogP) is 3.16. The van der Waals surface area contributed by atoms with Crippen molar-refractivity contribution in [2.24, 2.45) is 5.92 Å². The molecule has 0 radical (unpaired) electrons. The van der Waals surface area contributed by atoms with Crippen LogP contribution in [0.25, 0.3) is 0 Å². The molecular weight excluding hydrogens is 320 g/mol. The number of nitrogens with zero attached hydrogens (tertiary/aromatic N) is 2. The zero-order valence-corrected chi connectivity index (χ0v) is 15.7. The SMILES string of the molecule is CCCCc1ccc(CN2CCCN(C(=O)C3CCOC3)CC2)s1. The van der Waals surface area contributed by atoms with Crippen LogP contribution in [0.2, 0.25) is 0 Å². The van der Waals surface area contributed by atoms with Gasteiger partial charge >= 0.3 is 0 Å². The lowest BCUT2D eigenvalue weighted by Crippen LogP contribution is -2.39. The van der Waals surface area contributed by atoms with Gasteiger partial charge in [-0.05, 0) is 37.8 Å². The normalized spacial score (nSPS) is 22.7. The Morgan fingerprint density at radius 3 is 2.92 bits per heavy atom. The van der Waals surface area contributed by atoms with Crippen molar-refractivity contribution in [1.82, 2.24) is 9.80 Å². The minimum atomic E-state index is 0.106. The first kappa shape index (κ1) is 17.9. The van der Waals surface area contributed by atoms with Crippen molar-refractivity contribution in [2.45, 2.75) is 45.6 Å².